The van der Waals surface area contributed by atoms with Crippen LogP contribution in [0.1, 0.15) is 40.9 Å². The Kier molecular flexibility index (Phi) is 8.08. The van der Waals surface area contributed by atoms with Gasteiger partial charge in [-0.05, 0) is 69.5 Å². The predicted molar refractivity (Wildman–Crippen MR) is 151 cm³/mol. The molecule has 4 rings (SSSR count). The number of carbonyl (C=O) groups excluding carboxylic acids is 2. The summed E-state index contributed by atoms with van der Waals surface area (Å²) in [5.41, 5.74) is 6.79. The monoisotopic (exact) mass is 526 g/mol. The van der Waals surface area contributed by atoms with E-state index in [1.165, 1.54) is 18.0 Å². The minimum absolute atomic E-state index is 0.0866. The number of aryl methyl sites for hydroxylation is 4. The molecule has 2 amide bonds. The van der Waals surface area contributed by atoms with Crippen LogP contribution in [0.5, 0.6) is 0 Å². The highest BCUT2D eigenvalue weighted by atomic mass is 32.2. The van der Waals surface area contributed by atoms with Crippen molar-refractivity contribution in [2.24, 2.45) is 0 Å². The van der Waals surface area contributed by atoms with Gasteiger partial charge in [0.2, 0.25) is 5.91 Å². The highest BCUT2D eigenvalue weighted by molar-refractivity contribution is 8.03. The number of nitriles is 1. The number of amides is 2. The molecule has 8 heteroatoms. The minimum atomic E-state index is -0.718. The van der Waals surface area contributed by atoms with Crippen molar-refractivity contribution in [3.05, 3.63) is 105 Å². The summed E-state index contributed by atoms with van der Waals surface area (Å²) in [6, 6.07) is 17.3. The van der Waals surface area contributed by atoms with Gasteiger partial charge in [0.1, 0.15) is 5.76 Å². The van der Waals surface area contributed by atoms with E-state index < -0.39 is 5.92 Å². The lowest BCUT2D eigenvalue weighted by atomic mass is 9.85. The molecular formula is C30H30N4O3S. The smallest absolute Gasteiger partial charge is 0.254 e. The van der Waals surface area contributed by atoms with Crippen LogP contribution in [0, 0.1) is 39.0 Å². The summed E-state index contributed by atoms with van der Waals surface area (Å²) < 4.78 is 5.70. The van der Waals surface area contributed by atoms with Crippen LogP contribution in [0.25, 0.3) is 0 Å². The van der Waals surface area contributed by atoms with Crippen molar-refractivity contribution in [2.45, 2.75) is 40.5 Å². The number of furan rings is 1. The van der Waals surface area contributed by atoms with E-state index in [-0.39, 0.29) is 17.6 Å². The first kappa shape index (κ1) is 26.8. The number of anilines is 2. The lowest BCUT2D eigenvalue weighted by molar-refractivity contribution is -0.114. The normalized spacial score (nSPS) is 15.1. The van der Waals surface area contributed by atoms with Gasteiger partial charge in [-0.2, -0.15) is 5.26 Å². The zero-order chi connectivity index (χ0) is 27.4. The Bertz CT molecular complexity index is 1470. The van der Waals surface area contributed by atoms with Crippen molar-refractivity contribution in [1.29, 1.82) is 5.26 Å². The molecule has 0 saturated carbocycles. The quantitative estimate of drug-likeness (QED) is 0.337. The second-order valence-corrected chi connectivity index (χ2v) is 10.3. The number of thioether (sulfide) groups is 1. The fraction of sp³-hybridized carbons (Fsp3) is 0.233. The van der Waals surface area contributed by atoms with Crippen LogP contribution < -0.4 is 16.0 Å². The van der Waals surface area contributed by atoms with Crippen molar-refractivity contribution in [2.75, 3.05) is 16.4 Å². The minimum Gasteiger partial charge on any atom is -0.468 e. The van der Waals surface area contributed by atoms with E-state index in [0.29, 0.717) is 27.6 Å². The fourth-order valence-electron chi connectivity index (χ4n) is 4.66. The molecule has 0 aliphatic carbocycles. The number of rotatable bonds is 7. The van der Waals surface area contributed by atoms with Gasteiger partial charge in [0.05, 0.1) is 40.2 Å². The maximum absolute atomic E-state index is 13.7. The molecule has 7 nitrogen and oxygen atoms in total. The molecule has 1 aromatic heterocycles. The van der Waals surface area contributed by atoms with E-state index in [2.05, 4.69) is 22.0 Å². The topological polar surface area (TPSA) is 107 Å². The van der Waals surface area contributed by atoms with Gasteiger partial charge in [0, 0.05) is 17.1 Å². The molecule has 1 atom stereocenters. The molecular weight excluding hydrogens is 496 g/mol. The number of hydrogen-bond acceptors (Lipinski definition) is 6. The Morgan fingerprint density at radius 3 is 2.34 bits per heavy atom. The van der Waals surface area contributed by atoms with Crippen molar-refractivity contribution in [1.82, 2.24) is 5.32 Å². The summed E-state index contributed by atoms with van der Waals surface area (Å²) >= 11 is 1.22. The highest BCUT2D eigenvalue weighted by Gasteiger charge is 2.36. The zero-order valence-electron chi connectivity index (χ0n) is 22.1. The molecule has 0 fully saturated rings. The van der Waals surface area contributed by atoms with Crippen LogP contribution in [0.15, 0.2) is 81.1 Å². The van der Waals surface area contributed by atoms with Gasteiger partial charge in [-0.1, -0.05) is 47.7 Å². The Balaban J connectivity index is 1.62. The molecule has 1 aliphatic heterocycles. The van der Waals surface area contributed by atoms with Gasteiger partial charge < -0.3 is 20.4 Å². The number of nitrogens with zero attached hydrogens (tertiary/aromatic N) is 1. The van der Waals surface area contributed by atoms with Crippen LogP contribution in [0.2, 0.25) is 0 Å². The average molecular weight is 527 g/mol. The Morgan fingerprint density at radius 2 is 1.71 bits per heavy atom. The van der Waals surface area contributed by atoms with Gasteiger partial charge >= 0.3 is 0 Å². The van der Waals surface area contributed by atoms with Crippen LogP contribution in [-0.4, -0.2) is 17.6 Å². The van der Waals surface area contributed by atoms with Gasteiger partial charge in [-0.3, -0.25) is 9.59 Å². The third kappa shape index (κ3) is 5.68. The second-order valence-electron chi connectivity index (χ2n) is 9.35. The number of benzene rings is 2. The molecule has 194 valence electrons. The summed E-state index contributed by atoms with van der Waals surface area (Å²) in [5.74, 6) is -0.665. The summed E-state index contributed by atoms with van der Waals surface area (Å²) in [5, 5.41) is 19.9. The summed E-state index contributed by atoms with van der Waals surface area (Å²) in [7, 11) is 0. The molecule has 2 aromatic carbocycles. The zero-order valence-corrected chi connectivity index (χ0v) is 22.9. The number of dihydropyridines is 1. The second kappa shape index (κ2) is 11.4. The summed E-state index contributed by atoms with van der Waals surface area (Å²) in [6.07, 6.45) is 1.52. The largest absolute Gasteiger partial charge is 0.468 e. The van der Waals surface area contributed by atoms with E-state index in [9.17, 15) is 14.9 Å². The lowest BCUT2D eigenvalue weighted by Gasteiger charge is -2.28. The average Bonchev–Trinajstić information content (AvgIpc) is 3.40. The number of allylic oxidation sites excluding steroid dienone is 2. The number of para-hydroxylation sites is 1. The fourth-order valence-corrected chi connectivity index (χ4v) is 5.55. The van der Waals surface area contributed by atoms with E-state index in [4.69, 9.17) is 4.42 Å². The van der Waals surface area contributed by atoms with Gasteiger partial charge in [-0.15, -0.1) is 0 Å². The number of hydrogen-bond donors (Lipinski definition) is 3. The third-order valence-corrected chi connectivity index (χ3v) is 7.42. The molecule has 2 heterocycles. The van der Waals surface area contributed by atoms with Crippen molar-refractivity contribution >= 4 is 35.0 Å². The molecule has 3 aromatic rings. The van der Waals surface area contributed by atoms with Crippen molar-refractivity contribution in [3.63, 3.8) is 0 Å². The molecule has 3 N–H and O–H groups in total. The van der Waals surface area contributed by atoms with Crippen molar-refractivity contribution < 1.29 is 14.0 Å². The van der Waals surface area contributed by atoms with E-state index in [1.54, 1.807) is 19.1 Å². The van der Waals surface area contributed by atoms with Crippen molar-refractivity contribution in [3.8, 4) is 6.07 Å². The number of nitrogens with one attached hydrogen (secondary N) is 3. The summed E-state index contributed by atoms with van der Waals surface area (Å²) in [4.78, 5) is 26.4. The molecule has 0 spiro atoms. The highest BCUT2D eigenvalue weighted by Crippen LogP contribution is 2.41. The first-order valence-corrected chi connectivity index (χ1v) is 13.2. The SMILES string of the molecule is CC1=C(C(=O)Nc2c(C)cc(C)cc2C)[C@H](c2ccco2)C(C#N)=C(SCC(=O)Nc2ccccc2C)N1. The first-order chi connectivity index (χ1) is 18.2. The Hall–Kier alpha value is -4.22. The number of carbonyl (C=O) groups is 2. The molecule has 1 aliphatic rings. The molecule has 0 radical (unpaired) electrons. The van der Waals surface area contributed by atoms with Gasteiger partial charge in [0.15, 0.2) is 0 Å². The maximum Gasteiger partial charge on any atom is 0.254 e. The van der Waals surface area contributed by atoms with Crippen LogP contribution in [0.3, 0.4) is 0 Å². The Morgan fingerprint density at radius 1 is 1.00 bits per heavy atom. The van der Waals surface area contributed by atoms with Gasteiger partial charge in [0.25, 0.3) is 5.91 Å². The van der Waals surface area contributed by atoms with E-state index in [1.807, 2.05) is 64.1 Å². The van der Waals surface area contributed by atoms with E-state index >= 15 is 0 Å². The molecule has 0 unspecified atom stereocenters. The maximum atomic E-state index is 13.7. The third-order valence-electron chi connectivity index (χ3n) is 6.40. The van der Waals surface area contributed by atoms with E-state index in [0.717, 1.165) is 33.6 Å². The lowest BCUT2D eigenvalue weighted by Crippen LogP contribution is -2.31. The Labute approximate surface area is 227 Å². The van der Waals surface area contributed by atoms with Gasteiger partial charge in [-0.25, -0.2) is 0 Å². The van der Waals surface area contributed by atoms with Crippen LogP contribution >= 0.6 is 11.8 Å². The predicted octanol–water partition coefficient (Wildman–Crippen LogP) is 6.22. The van der Waals surface area contributed by atoms with Crippen LogP contribution in [-0.2, 0) is 9.59 Å². The molecule has 0 bridgehead atoms. The standard InChI is InChI=1S/C30H30N4O3S/c1-17-13-19(3)28(20(4)14-17)34-29(36)26-21(5)32-30(22(15-31)27(26)24-11-8-12-37-24)38-16-25(35)33-23-10-7-6-9-18(23)2/h6-14,27,32H,16H2,1-5H3,(H,33,35)(H,34,36)/t27-/m0/s1. The molecule has 0 saturated heterocycles. The molecule has 38 heavy (non-hydrogen) atoms. The van der Waals surface area contributed by atoms with Crippen LogP contribution in [0.4, 0.5) is 11.4 Å². The first-order valence-electron chi connectivity index (χ1n) is 12.2. The summed E-state index contributed by atoms with van der Waals surface area (Å²) in [6.45, 7) is 9.65.